The van der Waals surface area contributed by atoms with Gasteiger partial charge in [-0.3, -0.25) is 0 Å². The van der Waals surface area contributed by atoms with Crippen molar-refractivity contribution in [3.63, 3.8) is 0 Å². The Labute approximate surface area is 414 Å². The highest BCUT2D eigenvalue weighted by molar-refractivity contribution is 7.00. The number of anilines is 6. The second-order valence-corrected chi connectivity index (χ2v) is 27.4. The predicted molar refractivity (Wildman–Crippen MR) is 297 cm³/mol. The van der Waals surface area contributed by atoms with Gasteiger partial charge in [0.25, 0.3) is 6.71 Å². The minimum atomic E-state index is -0.134. The van der Waals surface area contributed by atoms with E-state index < -0.39 is 0 Å². The van der Waals surface area contributed by atoms with Gasteiger partial charge in [-0.25, -0.2) is 0 Å². The van der Waals surface area contributed by atoms with Gasteiger partial charge in [0.2, 0.25) is 0 Å². The maximum Gasteiger partial charge on any atom is 0.252 e. The van der Waals surface area contributed by atoms with Crippen molar-refractivity contribution in [3.05, 3.63) is 136 Å². The molecular formula is C65H75BN2O. The maximum absolute atomic E-state index is 7.25. The molecule has 1 aromatic heterocycles. The van der Waals surface area contributed by atoms with E-state index in [2.05, 4.69) is 212 Å². The number of nitrogens with zero attached hydrogens (tertiary/aromatic N) is 2. The number of aryl methyl sites for hydroxylation is 1. The van der Waals surface area contributed by atoms with E-state index in [1.54, 1.807) is 0 Å². The third-order valence-corrected chi connectivity index (χ3v) is 18.9. The molecule has 3 nitrogen and oxygen atoms in total. The Morgan fingerprint density at radius 1 is 0.464 bits per heavy atom. The molecule has 0 fully saturated rings. The number of fused-ring (bicyclic) bond motifs is 11. The van der Waals surface area contributed by atoms with Crippen LogP contribution in [0.3, 0.4) is 0 Å². The van der Waals surface area contributed by atoms with E-state index in [1.807, 2.05) is 0 Å². The quantitative estimate of drug-likeness (QED) is 0.161. The molecule has 5 aliphatic rings. The third kappa shape index (κ3) is 6.37. The first kappa shape index (κ1) is 45.0. The molecule has 0 saturated carbocycles. The number of furan rings is 1. The molecule has 2 aliphatic heterocycles. The van der Waals surface area contributed by atoms with Crippen LogP contribution in [0.4, 0.5) is 34.1 Å². The molecule has 0 atom stereocenters. The molecule has 0 saturated heterocycles. The van der Waals surface area contributed by atoms with Crippen molar-refractivity contribution in [2.75, 3.05) is 9.80 Å². The van der Waals surface area contributed by atoms with Gasteiger partial charge < -0.3 is 14.2 Å². The molecule has 0 radical (unpaired) electrons. The Morgan fingerprint density at radius 2 is 0.971 bits per heavy atom. The average molecular weight is 911 g/mol. The van der Waals surface area contributed by atoms with Crippen molar-refractivity contribution < 1.29 is 4.42 Å². The Kier molecular flexibility index (Phi) is 9.13. The number of rotatable bonds is 2. The third-order valence-electron chi connectivity index (χ3n) is 18.9. The normalized spacial score (nSPS) is 20.7. The van der Waals surface area contributed by atoms with Gasteiger partial charge in [0.15, 0.2) is 5.58 Å². The van der Waals surface area contributed by atoms with Crippen LogP contribution < -0.4 is 26.2 Å². The first-order valence-electron chi connectivity index (χ1n) is 26.4. The van der Waals surface area contributed by atoms with Crippen LogP contribution in [-0.4, -0.2) is 6.71 Å². The van der Waals surface area contributed by atoms with Gasteiger partial charge in [0, 0.05) is 39.2 Å². The Hall–Kier alpha value is -5.22. The van der Waals surface area contributed by atoms with Crippen LogP contribution in [0, 0.1) is 6.92 Å². The summed E-state index contributed by atoms with van der Waals surface area (Å²) >= 11 is 0. The van der Waals surface area contributed by atoms with Crippen LogP contribution in [0.25, 0.3) is 21.9 Å². The Balaban J connectivity index is 1.25. The van der Waals surface area contributed by atoms with Crippen LogP contribution >= 0.6 is 0 Å². The summed E-state index contributed by atoms with van der Waals surface area (Å²) in [5.74, 6) is 0. The highest BCUT2D eigenvalue weighted by Crippen LogP contribution is 2.56. The summed E-state index contributed by atoms with van der Waals surface area (Å²) < 4.78 is 7.25. The molecule has 0 spiro atoms. The zero-order valence-electron chi connectivity index (χ0n) is 44.8. The van der Waals surface area contributed by atoms with Crippen LogP contribution in [0.1, 0.15) is 187 Å². The van der Waals surface area contributed by atoms with Gasteiger partial charge in [-0.2, -0.15) is 0 Å². The highest BCUT2D eigenvalue weighted by Gasteiger charge is 2.49. The molecule has 0 N–H and O–H groups in total. The molecule has 12 rings (SSSR count). The van der Waals surface area contributed by atoms with Crippen LogP contribution in [-0.2, 0) is 37.9 Å². The van der Waals surface area contributed by atoms with E-state index in [-0.39, 0.29) is 44.6 Å². The van der Waals surface area contributed by atoms with E-state index in [9.17, 15) is 0 Å². The van der Waals surface area contributed by atoms with E-state index >= 15 is 0 Å². The fourth-order valence-corrected chi connectivity index (χ4v) is 13.9. The van der Waals surface area contributed by atoms with Crippen molar-refractivity contribution in [1.82, 2.24) is 0 Å². The summed E-state index contributed by atoms with van der Waals surface area (Å²) in [5.41, 5.74) is 25.5. The van der Waals surface area contributed by atoms with Crippen molar-refractivity contribution in [2.45, 2.75) is 187 Å². The minimum absolute atomic E-state index is 0.0217. The summed E-state index contributed by atoms with van der Waals surface area (Å²) in [5, 5.41) is 2.34. The highest BCUT2D eigenvalue weighted by atomic mass is 16.3. The van der Waals surface area contributed by atoms with Gasteiger partial charge >= 0.3 is 0 Å². The SMILES string of the molecule is Cc1cc2c(cc1N1c3cc(C(C)(C)C)cc4c3B(c3cc5c(cc3N4c3ccc4c(c3)C(C)(C)CCC4(C)C)C(C)(C)CCC5(C)C)c3ccc4c(oc5ccccc54)c31)C(C)(C)CCC2(C)C. The summed E-state index contributed by atoms with van der Waals surface area (Å²) in [4.78, 5) is 5.41. The molecule has 3 aliphatic carbocycles. The Bertz CT molecular complexity index is 3360. The molecule has 3 heterocycles. The van der Waals surface area contributed by atoms with Gasteiger partial charge in [-0.15, -0.1) is 0 Å². The van der Waals surface area contributed by atoms with E-state index in [0.717, 1.165) is 17.6 Å². The number of benzene rings is 6. The van der Waals surface area contributed by atoms with E-state index in [4.69, 9.17) is 4.42 Å². The summed E-state index contributed by atoms with van der Waals surface area (Å²) in [6.45, 7) is 39.2. The lowest BCUT2D eigenvalue weighted by atomic mass is 9.33. The molecule has 0 bridgehead atoms. The van der Waals surface area contributed by atoms with E-state index in [0.29, 0.717) is 0 Å². The summed E-state index contributed by atoms with van der Waals surface area (Å²) in [6.07, 6.45) is 7.06. The van der Waals surface area contributed by atoms with Gasteiger partial charge in [-0.1, -0.05) is 152 Å². The van der Waals surface area contributed by atoms with Gasteiger partial charge in [0.1, 0.15) is 5.58 Å². The van der Waals surface area contributed by atoms with E-state index in [1.165, 1.54) is 138 Å². The molecule has 69 heavy (non-hydrogen) atoms. The fraction of sp³-hybridized carbons (Fsp3) is 0.446. The first-order chi connectivity index (χ1) is 32.2. The summed E-state index contributed by atoms with van der Waals surface area (Å²) in [6, 6.07) is 36.8. The van der Waals surface area contributed by atoms with Gasteiger partial charge in [-0.05, 0) is 187 Å². The van der Waals surface area contributed by atoms with Crippen molar-refractivity contribution in [2.24, 2.45) is 0 Å². The second kappa shape index (κ2) is 14.0. The van der Waals surface area contributed by atoms with Crippen LogP contribution in [0.15, 0.2) is 95.4 Å². The molecule has 6 aromatic carbocycles. The molecule has 0 unspecified atom stereocenters. The van der Waals surface area contributed by atoms with Crippen molar-refractivity contribution >= 4 is 79.2 Å². The smallest absolute Gasteiger partial charge is 0.252 e. The Morgan fingerprint density at radius 3 is 1.57 bits per heavy atom. The molecule has 4 heteroatoms. The summed E-state index contributed by atoms with van der Waals surface area (Å²) in [7, 11) is 0. The zero-order chi connectivity index (χ0) is 48.9. The second-order valence-electron chi connectivity index (χ2n) is 27.4. The zero-order valence-corrected chi connectivity index (χ0v) is 44.8. The monoisotopic (exact) mass is 911 g/mol. The lowest BCUT2D eigenvalue weighted by Crippen LogP contribution is -2.62. The number of hydrogen-bond donors (Lipinski definition) is 0. The minimum Gasteiger partial charge on any atom is -0.454 e. The number of hydrogen-bond acceptors (Lipinski definition) is 3. The van der Waals surface area contributed by atoms with Crippen molar-refractivity contribution in [1.29, 1.82) is 0 Å². The lowest BCUT2D eigenvalue weighted by Gasteiger charge is -2.48. The molecule has 354 valence electrons. The average Bonchev–Trinajstić information content (AvgIpc) is 3.67. The molecular weight excluding hydrogens is 836 g/mol. The first-order valence-corrected chi connectivity index (χ1v) is 26.4. The topological polar surface area (TPSA) is 19.6 Å². The standard InChI is InChI=1S/C65H75BN2O/c1-38-31-44-47(64(13,14)29-27-61(44,7)8)36-51(38)68-54-33-39(59(2,3)4)32-53-56(54)66(49-24-22-42-41-19-17-18-20-55(41)69-58(42)57(49)68)50-35-46-48(65(15,16)30-28-63(46,11)12)37-52(50)67(53)40-21-23-43-45(34-40)62(9,10)26-25-60(43,5)6/h17-24,31-37H,25-30H2,1-16H3. The molecule has 7 aromatic rings. The maximum atomic E-state index is 7.25. The molecule has 0 amide bonds. The van der Waals surface area contributed by atoms with Crippen LogP contribution in [0.5, 0.6) is 0 Å². The fourth-order valence-electron chi connectivity index (χ4n) is 13.9. The predicted octanol–water partition coefficient (Wildman–Crippen LogP) is 16.3. The number of para-hydroxylation sites is 1. The van der Waals surface area contributed by atoms with Gasteiger partial charge in [0.05, 0.1) is 5.69 Å². The largest absolute Gasteiger partial charge is 0.454 e. The van der Waals surface area contributed by atoms with Crippen LogP contribution in [0.2, 0.25) is 0 Å². The van der Waals surface area contributed by atoms with Crippen molar-refractivity contribution in [3.8, 4) is 0 Å². The lowest BCUT2D eigenvalue weighted by molar-refractivity contribution is 0.332.